The molecule has 1 fully saturated rings. The molecule has 20 heavy (non-hydrogen) atoms. The Labute approximate surface area is 130 Å². The molecule has 0 aromatic heterocycles. The maximum absolute atomic E-state index is 11.5. The number of ketones is 1. The zero-order chi connectivity index (χ0) is 14.7. The first-order valence-electron chi connectivity index (χ1n) is 7.32. The van der Waals surface area contributed by atoms with Crippen molar-refractivity contribution in [3.8, 4) is 0 Å². The van der Waals surface area contributed by atoms with Crippen molar-refractivity contribution in [3.63, 3.8) is 0 Å². The Morgan fingerprint density at radius 3 is 2.45 bits per heavy atom. The van der Waals surface area contributed by atoms with Gasteiger partial charge in [-0.05, 0) is 54.4 Å². The van der Waals surface area contributed by atoms with Crippen LogP contribution in [0.3, 0.4) is 0 Å². The molecule has 1 unspecified atom stereocenters. The van der Waals surface area contributed by atoms with Crippen LogP contribution < -0.4 is 4.90 Å². The van der Waals surface area contributed by atoms with Gasteiger partial charge < -0.3 is 4.90 Å². The Morgan fingerprint density at radius 1 is 1.30 bits per heavy atom. The molecular formula is C16H23BrN2O. The second-order valence-corrected chi connectivity index (χ2v) is 6.35. The van der Waals surface area contributed by atoms with E-state index in [4.69, 9.17) is 0 Å². The van der Waals surface area contributed by atoms with Crippen LogP contribution in [0.2, 0.25) is 0 Å². The normalized spacial score (nSPS) is 18.1. The van der Waals surface area contributed by atoms with Crippen molar-refractivity contribution in [2.45, 2.75) is 33.2 Å². The fourth-order valence-electron chi connectivity index (χ4n) is 2.67. The van der Waals surface area contributed by atoms with Gasteiger partial charge in [0.15, 0.2) is 5.78 Å². The van der Waals surface area contributed by atoms with E-state index in [-0.39, 0.29) is 5.78 Å². The number of piperazine rings is 1. The molecule has 1 saturated heterocycles. The maximum Gasteiger partial charge on any atom is 0.160 e. The molecule has 1 aromatic rings. The van der Waals surface area contributed by atoms with E-state index in [1.54, 1.807) is 6.92 Å². The molecule has 1 aliphatic heterocycles. The molecule has 1 aromatic carbocycles. The van der Waals surface area contributed by atoms with Gasteiger partial charge in [-0.15, -0.1) is 0 Å². The van der Waals surface area contributed by atoms with Crippen molar-refractivity contribution in [1.29, 1.82) is 0 Å². The second kappa shape index (κ2) is 6.72. The van der Waals surface area contributed by atoms with Crippen molar-refractivity contribution < 1.29 is 4.79 Å². The number of carbonyl (C=O) groups is 1. The number of anilines is 1. The van der Waals surface area contributed by atoms with Crippen LogP contribution in [-0.2, 0) is 0 Å². The number of halogens is 1. The molecule has 1 heterocycles. The number of carbonyl (C=O) groups excluding carboxylic acids is 1. The van der Waals surface area contributed by atoms with Gasteiger partial charge in [-0.25, -0.2) is 0 Å². The quantitative estimate of drug-likeness (QED) is 0.784. The van der Waals surface area contributed by atoms with Crippen LogP contribution >= 0.6 is 15.9 Å². The smallest absolute Gasteiger partial charge is 0.160 e. The predicted octanol–water partition coefficient (Wildman–Crippen LogP) is 3.57. The standard InChI is InChI=1S/C16H23BrN2O/c1-4-12(2)18-7-9-19(10-8-18)14-5-6-15(13(3)20)16(17)11-14/h5-6,11-12H,4,7-10H2,1-3H3. The van der Waals surface area contributed by atoms with E-state index in [2.05, 4.69) is 51.7 Å². The summed E-state index contributed by atoms with van der Waals surface area (Å²) >= 11 is 3.50. The van der Waals surface area contributed by atoms with Crippen LogP contribution in [0, 0.1) is 0 Å². The number of benzene rings is 1. The van der Waals surface area contributed by atoms with Gasteiger partial charge in [-0.2, -0.15) is 0 Å². The Bertz CT molecular complexity index is 481. The van der Waals surface area contributed by atoms with Gasteiger partial charge in [0.2, 0.25) is 0 Å². The number of rotatable bonds is 4. The molecule has 1 aliphatic rings. The first kappa shape index (κ1) is 15.5. The topological polar surface area (TPSA) is 23.6 Å². The summed E-state index contributed by atoms with van der Waals surface area (Å²) in [7, 11) is 0. The molecule has 0 aliphatic carbocycles. The number of hydrogen-bond acceptors (Lipinski definition) is 3. The molecule has 0 N–H and O–H groups in total. The molecule has 4 heteroatoms. The summed E-state index contributed by atoms with van der Waals surface area (Å²) in [5.41, 5.74) is 1.96. The Kier molecular flexibility index (Phi) is 5.22. The Morgan fingerprint density at radius 2 is 1.95 bits per heavy atom. The van der Waals surface area contributed by atoms with E-state index in [9.17, 15) is 4.79 Å². The van der Waals surface area contributed by atoms with Crippen LogP contribution in [0.1, 0.15) is 37.6 Å². The summed E-state index contributed by atoms with van der Waals surface area (Å²) in [6, 6.07) is 6.71. The molecule has 3 nitrogen and oxygen atoms in total. The zero-order valence-corrected chi connectivity index (χ0v) is 14.1. The summed E-state index contributed by atoms with van der Waals surface area (Å²) < 4.78 is 0.895. The van der Waals surface area contributed by atoms with E-state index in [1.807, 2.05) is 6.07 Å². The molecule has 0 bridgehead atoms. The molecule has 0 saturated carbocycles. The van der Waals surface area contributed by atoms with Gasteiger partial charge in [0.1, 0.15) is 0 Å². The molecule has 0 amide bonds. The average Bonchev–Trinajstić information content (AvgIpc) is 2.46. The minimum Gasteiger partial charge on any atom is -0.369 e. The van der Waals surface area contributed by atoms with Gasteiger partial charge in [-0.1, -0.05) is 6.92 Å². The summed E-state index contributed by atoms with van der Waals surface area (Å²) in [5, 5.41) is 0. The summed E-state index contributed by atoms with van der Waals surface area (Å²) in [6.07, 6.45) is 1.21. The average molecular weight is 339 g/mol. The van der Waals surface area contributed by atoms with Crippen LogP contribution in [-0.4, -0.2) is 42.9 Å². The molecule has 1 atom stereocenters. The number of Topliss-reactive ketones (excluding diaryl/α,β-unsaturated/α-hetero) is 1. The number of nitrogens with zero attached hydrogens (tertiary/aromatic N) is 2. The minimum atomic E-state index is 0.102. The van der Waals surface area contributed by atoms with E-state index < -0.39 is 0 Å². The van der Waals surface area contributed by atoms with Gasteiger partial charge in [-0.3, -0.25) is 9.69 Å². The third kappa shape index (κ3) is 3.41. The van der Waals surface area contributed by atoms with Crippen molar-refractivity contribution in [2.24, 2.45) is 0 Å². The van der Waals surface area contributed by atoms with E-state index in [1.165, 1.54) is 12.1 Å². The van der Waals surface area contributed by atoms with Crippen LogP contribution in [0.5, 0.6) is 0 Å². The lowest BCUT2D eigenvalue weighted by Crippen LogP contribution is -2.49. The molecular weight excluding hydrogens is 316 g/mol. The highest BCUT2D eigenvalue weighted by Crippen LogP contribution is 2.25. The van der Waals surface area contributed by atoms with Gasteiger partial charge in [0.05, 0.1) is 0 Å². The molecule has 0 radical (unpaired) electrons. The Hall–Kier alpha value is -0.870. The lowest BCUT2D eigenvalue weighted by Gasteiger charge is -2.39. The van der Waals surface area contributed by atoms with Gasteiger partial charge >= 0.3 is 0 Å². The highest BCUT2D eigenvalue weighted by Gasteiger charge is 2.20. The molecule has 2 rings (SSSR count). The van der Waals surface area contributed by atoms with Gasteiger partial charge in [0.25, 0.3) is 0 Å². The first-order valence-corrected chi connectivity index (χ1v) is 8.11. The van der Waals surface area contributed by atoms with Crippen molar-refractivity contribution in [1.82, 2.24) is 4.90 Å². The zero-order valence-electron chi connectivity index (χ0n) is 12.5. The monoisotopic (exact) mass is 338 g/mol. The van der Waals surface area contributed by atoms with Crippen LogP contribution in [0.15, 0.2) is 22.7 Å². The minimum absolute atomic E-state index is 0.102. The first-order chi connectivity index (χ1) is 9.52. The fraction of sp³-hybridized carbons (Fsp3) is 0.562. The Balaban J connectivity index is 2.04. The molecule has 110 valence electrons. The van der Waals surface area contributed by atoms with Crippen molar-refractivity contribution in [2.75, 3.05) is 31.1 Å². The third-order valence-electron chi connectivity index (χ3n) is 4.23. The third-order valence-corrected chi connectivity index (χ3v) is 4.88. The van der Waals surface area contributed by atoms with E-state index in [0.717, 1.165) is 36.2 Å². The number of hydrogen-bond donors (Lipinski definition) is 0. The van der Waals surface area contributed by atoms with Crippen LogP contribution in [0.25, 0.3) is 0 Å². The molecule has 0 spiro atoms. The maximum atomic E-state index is 11.5. The van der Waals surface area contributed by atoms with Gasteiger partial charge in [0, 0.05) is 47.9 Å². The highest BCUT2D eigenvalue weighted by atomic mass is 79.9. The van der Waals surface area contributed by atoms with Crippen LogP contribution in [0.4, 0.5) is 5.69 Å². The summed E-state index contributed by atoms with van der Waals surface area (Å²) in [4.78, 5) is 16.4. The van der Waals surface area contributed by atoms with Crippen molar-refractivity contribution >= 4 is 27.4 Å². The highest BCUT2D eigenvalue weighted by molar-refractivity contribution is 9.10. The van der Waals surface area contributed by atoms with E-state index in [0.29, 0.717) is 6.04 Å². The SMILES string of the molecule is CCC(C)N1CCN(c2ccc(C(C)=O)c(Br)c2)CC1. The lowest BCUT2D eigenvalue weighted by molar-refractivity contribution is 0.101. The second-order valence-electron chi connectivity index (χ2n) is 5.50. The largest absolute Gasteiger partial charge is 0.369 e. The predicted molar refractivity (Wildman–Crippen MR) is 87.7 cm³/mol. The lowest BCUT2D eigenvalue weighted by atomic mass is 10.1. The fourth-order valence-corrected chi connectivity index (χ4v) is 3.31. The van der Waals surface area contributed by atoms with E-state index >= 15 is 0 Å². The summed E-state index contributed by atoms with van der Waals surface area (Å²) in [6.45, 7) is 10.5. The van der Waals surface area contributed by atoms with Crippen molar-refractivity contribution in [3.05, 3.63) is 28.2 Å². The summed E-state index contributed by atoms with van der Waals surface area (Å²) in [5.74, 6) is 0.102.